The van der Waals surface area contributed by atoms with Crippen LogP contribution in [0, 0.1) is 0 Å². The SMILES string of the molecule is OC[C@H](O)[C@@H](O)[C@H](O)[C@H](O)CO[C@@H]1O[C@H](CO[C@@H]2O[C@H](CO[C@@H]3O[C@H](CO[C@@H]4O[C@H](CO)[C@@H](O)[C@H](O)[C@H]4O)[C@@H](O)[C@H](O[C@@H]4O[C@H](CO)[C@@H](O)[C@H](O)[C@H]4O)[C@H]3O)[C@@H](O)[C@H](O)[C@H]2O)[C@@H](O)[C@H](O[C@@H]2O[C@H](CO)[C@@H](O)[C@H](O[C@@H]3O[C@H](CO)[C@@H](O)[C@H](O)[C@H]3O)[C@H]2O)[C@H]1O. The minimum Gasteiger partial charge on any atom is -0.394 e. The quantitative estimate of drug-likeness (QED) is 0.0382. The third kappa shape index (κ3) is 16.6. The lowest BCUT2D eigenvalue weighted by Gasteiger charge is -2.48. The van der Waals surface area contributed by atoms with Crippen molar-refractivity contribution in [2.75, 3.05) is 59.5 Å². The highest BCUT2D eigenvalue weighted by Crippen LogP contribution is 2.36. The molecule has 0 aliphatic carbocycles. The van der Waals surface area contributed by atoms with Crippen molar-refractivity contribution in [3.63, 3.8) is 0 Å². The molecule has 0 radical (unpaired) electrons. The third-order valence-electron chi connectivity index (χ3n) is 16.2. The molecule has 7 aliphatic heterocycles. The van der Waals surface area contributed by atoms with Crippen molar-refractivity contribution < 1.29 is 204 Å². The van der Waals surface area contributed by atoms with Crippen molar-refractivity contribution in [3.05, 3.63) is 0 Å². The maximum atomic E-state index is 11.8. The zero-order valence-electron chi connectivity index (χ0n) is 46.7. The Morgan fingerprint density at radius 2 is 0.483 bits per heavy atom. The summed E-state index contributed by atoms with van der Waals surface area (Å²) in [6.07, 6.45) is -78.8. The number of rotatable bonds is 26. The van der Waals surface area contributed by atoms with Crippen molar-refractivity contribution in [3.8, 4) is 0 Å². The van der Waals surface area contributed by atoms with Crippen molar-refractivity contribution in [1.82, 2.24) is 0 Å². The fraction of sp³-hybridized carbons (Fsp3) is 1.00. The minimum atomic E-state index is -2.30. The van der Waals surface area contributed by atoms with Crippen LogP contribution in [-0.4, -0.2) is 437 Å². The molecule has 27 N–H and O–H groups in total. The lowest BCUT2D eigenvalue weighted by atomic mass is 9.96. The van der Waals surface area contributed by atoms with E-state index in [-0.39, 0.29) is 0 Å². The first-order valence-corrected chi connectivity index (χ1v) is 28.1. The molecule has 39 atom stereocenters. The van der Waals surface area contributed by atoms with Gasteiger partial charge in [-0.2, -0.15) is 0 Å². The molecule has 0 amide bonds. The maximum absolute atomic E-state index is 11.8. The maximum Gasteiger partial charge on any atom is 0.187 e. The number of hydrogen-bond acceptors (Lipinski definition) is 41. The second-order valence-corrected chi connectivity index (χ2v) is 22.3. The lowest BCUT2D eigenvalue weighted by molar-refractivity contribution is -0.384. The Kier molecular flexibility index (Phi) is 27.6. The normalized spacial score (nSPS) is 49.9. The summed E-state index contributed by atoms with van der Waals surface area (Å²) >= 11 is 0. The molecular weight excluding hydrogens is 1230 g/mol. The zero-order chi connectivity index (χ0) is 65.8. The molecule has 0 saturated carbocycles. The molecule has 7 saturated heterocycles. The number of hydrogen-bond donors (Lipinski definition) is 27. The van der Waals surface area contributed by atoms with E-state index in [0.29, 0.717) is 0 Å². The number of aliphatic hydroxyl groups excluding tert-OH is 27. The first kappa shape index (κ1) is 74.8. The van der Waals surface area contributed by atoms with E-state index in [1.54, 1.807) is 0 Å². The predicted molar refractivity (Wildman–Crippen MR) is 267 cm³/mol. The van der Waals surface area contributed by atoms with Gasteiger partial charge in [0.1, 0.15) is 195 Å². The van der Waals surface area contributed by atoms with Crippen LogP contribution >= 0.6 is 0 Å². The van der Waals surface area contributed by atoms with Crippen molar-refractivity contribution in [2.24, 2.45) is 0 Å². The Morgan fingerprint density at radius 3 is 0.831 bits per heavy atom. The molecule has 7 fully saturated rings. The fourth-order valence-electron chi connectivity index (χ4n) is 10.6. The lowest BCUT2D eigenvalue weighted by Crippen LogP contribution is -2.67. The van der Waals surface area contributed by atoms with Gasteiger partial charge in [-0.3, -0.25) is 0 Å². The summed E-state index contributed by atoms with van der Waals surface area (Å²) in [5.41, 5.74) is 0. The van der Waals surface area contributed by atoms with Gasteiger partial charge in [0.25, 0.3) is 0 Å². The van der Waals surface area contributed by atoms with E-state index in [2.05, 4.69) is 0 Å². The highest BCUT2D eigenvalue weighted by Gasteiger charge is 2.57. The fourth-order valence-corrected chi connectivity index (χ4v) is 10.6. The van der Waals surface area contributed by atoms with Crippen molar-refractivity contribution >= 4 is 0 Å². The number of ether oxygens (including phenoxy) is 14. The van der Waals surface area contributed by atoms with Gasteiger partial charge < -0.3 is 204 Å². The molecule has 7 heterocycles. The molecule has 0 spiro atoms. The van der Waals surface area contributed by atoms with E-state index in [0.717, 1.165) is 0 Å². The first-order valence-electron chi connectivity index (χ1n) is 28.1. The van der Waals surface area contributed by atoms with E-state index in [1.807, 2.05) is 0 Å². The summed E-state index contributed by atoms with van der Waals surface area (Å²) in [4.78, 5) is 0. The molecule has 0 aromatic heterocycles. The molecule has 41 nitrogen and oxygen atoms in total. The Morgan fingerprint density at radius 1 is 0.247 bits per heavy atom. The minimum absolute atomic E-state index is 0.878. The van der Waals surface area contributed by atoms with E-state index >= 15 is 0 Å². The second kappa shape index (κ2) is 32.9. The van der Waals surface area contributed by atoms with Gasteiger partial charge in [-0.1, -0.05) is 0 Å². The van der Waals surface area contributed by atoms with Gasteiger partial charge in [-0.05, 0) is 0 Å². The average Bonchev–Trinajstić information content (AvgIpc) is 1.72. The van der Waals surface area contributed by atoms with Crippen molar-refractivity contribution in [2.45, 2.75) is 239 Å². The van der Waals surface area contributed by atoms with E-state index < -0.39 is 299 Å². The molecule has 7 aliphatic rings. The van der Waals surface area contributed by atoms with Gasteiger partial charge >= 0.3 is 0 Å². The van der Waals surface area contributed by atoms with Gasteiger partial charge in [0.05, 0.1) is 59.5 Å². The van der Waals surface area contributed by atoms with E-state index in [1.165, 1.54) is 0 Å². The Balaban J connectivity index is 1.08. The summed E-state index contributed by atoms with van der Waals surface area (Å²) in [5, 5.41) is 286. The van der Waals surface area contributed by atoms with Gasteiger partial charge in [0.2, 0.25) is 0 Å². The van der Waals surface area contributed by atoms with Crippen LogP contribution in [0.3, 0.4) is 0 Å². The topological polar surface area (TPSA) is 675 Å². The van der Waals surface area contributed by atoms with Gasteiger partial charge in [-0.25, -0.2) is 0 Å². The third-order valence-corrected chi connectivity index (χ3v) is 16.2. The molecule has 89 heavy (non-hydrogen) atoms. The molecule has 41 heteroatoms. The van der Waals surface area contributed by atoms with E-state index in [9.17, 15) is 138 Å². The van der Waals surface area contributed by atoms with Crippen LogP contribution in [0.25, 0.3) is 0 Å². The molecule has 7 rings (SSSR count). The molecular formula is C48H84O41. The molecule has 0 aromatic carbocycles. The smallest absolute Gasteiger partial charge is 0.187 e. The Hall–Kier alpha value is -1.64. The van der Waals surface area contributed by atoms with Crippen LogP contribution in [0.5, 0.6) is 0 Å². The highest BCUT2D eigenvalue weighted by atomic mass is 16.8. The van der Waals surface area contributed by atoms with Gasteiger partial charge in [0.15, 0.2) is 44.0 Å². The zero-order valence-corrected chi connectivity index (χ0v) is 46.7. The molecule has 522 valence electrons. The summed E-state index contributed by atoms with van der Waals surface area (Å²) in [6.45, 7) is -8.95. The summed E-state index contributed by atoms with van der Waals surface area (Å²) in [7, 11) is 0. The first-order chi connectivity index (χ1) is 42.0. The predicted octanol–water partition coefficient (Wildman–Crippen LogP) is -18.8. The number of aliphatic hydroxyl groups is 27. The Labute approximate surface area is 502 Å². The monoisotopic (exact) mass is 1320 g/mol. The summed E-state index contributed by atoms with van der Waals surface area (Å²) in [6, 6.07) is 0. The van der Waals surface area contributed by atoms with Crippen LogP contribution in [-0.2, 0) is 66.3 Å². The Bertz CT molecular complexity index is 2080. The largest absolute Gasteiger partial charge is 0.394 e. The van der Waals surface area contributed by atoms with Crippen LogP contribution in [0.1, 0.15) is 0 Å². The van der Waals surface area contributed by atoms with Gasteiger partial charge in [-0.15, -0.1) is 0 Å². The average molecular weight is 1320 g/mol. The van der Waals surface area contributed by atoms with Crippen LogP contribution in [0.4, 0.5) is 0 Å². The molecule has 0 unspecified atom stereocenters. The molecule has 0 bridgehead atoms. The summed E-state index contributed by atoms with van der Waals surface area (Å²) < 4.78 is 78.3. The van der Waals surface area contributed by atoms with Gasteiger partial charge in [0, 0.05) is 0 Å². The summed E-state index contributed by atoms with van der Waals surface area (Å²) in [5.74, 6) is 0. The van der Waals surface area contributed by atoms with Crippen LogP contribution in [0.2, 0.25) is 0 Å². The van der Waals surface area contributed by atoms with E-state index in [4.69, 9.17) is 66.3 Å². The van der Waals surface area contributed by atoms with Crippen LogP contribution in [0.15, 0.2) is 0 Å². The highest BCUT2D eigenvalue weighted by molar-refractivity contribution is 5.00. The van der Waals surface area contributed by atoms with Crippen molar-refractivity contribution in [1.29, 1.82) is 0 Å². The molecule has 0 aromatic rings. The van der Waals surface area contributed by atoms with Crippen LogP contribution < -0.4 is 0 Å². The standard InChI is InChI=1S/C48H84O41/c49-1-10(54)19(56)20(57)11(55)6-76-44-36(73)41(89-48-38(75)39(25(62)15(5-53)83-48)87-46-34(71)29(66)22(59)13(3-51)81-46)27(64)17(85-44)9-78-43-33(70)31(68)24(61)16(84-43)7-79-45-37(74)40(88-47-35(72)30(67)23(60)14(4-52)82-47)26(63)18(86-45)8-77-42-32(69)28(65)21(58)12(2-50)80-42/h10-75H,1-9H2/t10-,11+,12+,13+,14+,15+,16+,17+,18+,19+,20+,21+,22+,23+,24+,25+,26+,27+,28-,29-,30-,31-,32+,33+,34+,35+,36+,37+,38+,39-,40-,41-,42+,43+,44+,45+,46-,47-,48-/m0/s1. The second-order valence-electron chi connectivity index (χ2n) is 22.3.